The van der Waals surface area contributed by atoms with Crippen LogP contribution in [0.2, 0.25) is 0 Å². The van der Waals surface area contributed by atoms with Crippen LogP contribution < -0.4 is 5.32 Å². The van der Waals surface area contributed by atoms with Crippen LogP contribution in [-0.4, -0.2) is 32.7 Å². The number of nitrogens with zero attached hydrogens (tertiary/aromatic N) is 2. The van der Waals surface area contributed by atoms with Crippen molar-refractivity contribution in [2.45, 2.75) is 64.0 Å². The molecule has 2 unspecified atom stereocenters. The molecule has 0 saturated heterocycles. The average molecular weight is 283 g/mol. The Morgan fingerprint density at radius 1 is 1.37 bits per heavy atom. The van der Waals surface area contributed by atoms with Crippen LogP contribution in [0.1, 0.15) is 61.8 Å². The second kappa shape index (κ2) is 5.54. The van der Waals surface area contributed by atoms with Crippen LogP contribution in [-0.2, 0) is 5.41 Å². The number of aromatic nitrogens is 2. The van der Waals surface area contributed by atoms with Gasteiger partial charge in [0.1, 0.15) is 4.88 Å². The lowest BCUT2D eigenvalue weighted by atomic mass is 9.90. The Balaban J connectivity index is 2.10. The summed E-state index contributed by atoms with van der Waals surface area (Å²) in [5.74, 6) is -0.161. The molecule has 1 aromatic heterocycles. The van der Waals surface area contributed by atoms with Crippen molar-refractivity contribution in [3.8, 4) is 0 Å². The molecular weight excluding hydrogens is 262 g/mol. The van der Waals surface area contributed by atoms with Gasteiger partial charge in [-0.3, -0.25) is 4.79 Å². The van der Waals surface area contributed by atoms with Gasteiger partial charge in [-0.15, -0.1) is 5.10 Å². The molecule has 1 heterocycles. The van der Waals surface area contributed by atoms with Gasteiger partial charge in [0.05, 0.1) is 17.8 Å². The maximum Gasteiger partial charge on any atom is 0.265 e. The molecule has 0 bridgehead atoms. The largest absolute Gasteiger partial charge is 0.391 e. The van der Waals surface area contributed by atoms with E-state index in [-0.39, 0.29) is 17.4 Å². The maximum atomic E-state index is 12.3. The fraction of sp³-hybridized carbons (Fsp3) is 0.769. The van der Waals surface area contributed by atoms with Crippen LogP contribution in [0.25, 0.3) is 0 Å². The van der Waals surface area contributed by atoms with E-state index in [2.05, 4.69) is 14.9 Å². The highest BCUT2D eigenvalue weighted by molar-refractivity contribution is 7.08. The number of carbonyl (C=O) groups is 1. The lowest BCUT2D eigenvalue weighted by Crippen LogP contribution is -2.45. The van der Waals surface area contributed by atoms with Crippen LogP contribution in [0, 0.1) is 0 Å². The number of amides is 1. The third kappa shape index (κ3) is 3.30. The van der Waals surface area contributed by atoms with Crippen LogP contribution in [0.15, 0.2) is 0 Å². The van der Waals surface area contributed by atoms with Crippen LogP contribution in [0.4, 0.5) is 0 Å². The Kier molecular flexibility index (Phi) is 4.20. The summed E-state index contributed by atoms with van der Waals surface area (Å²) in [6.07, 6.45) is 3.25. The normalized spacial score (nSPS) is 24.2. The quantitative estimate of drug-likeness (QED) is 0.869. The first-order valence-electron chi connectivity index (χ1n) is 6.71. The van der Waals surface area contributed by atoms with Gasteiger partial charge in [0, 0.05) is 5.41 Å². The molecule has 0 aliphatic heterocycles. The van der Waals surface area contributed by atoms with Crippen LogP contribution >= 0.6 is 11.5 Å². The van der Waals surface area contributed by atoms with E-state index in [1.807, 2.05) is 20.8 Å². The van der Waals surface area contributed by atoms with Gasteiger partial charge in [0.25, 0.3) is 5.91 Å². The number of aliphatic hydroxyl groups excluding tert-OH is 1. The Morgan fingerprint density at radius 3 is 2.68 bits per heavy atom. The lowest BCUT2D eigenvalue weighted by Gasteiger charge is -2.28. The average Bonchev–Trinajstić information content (AvgIpc) is 2.81. The third-order valence-electron chi connectivity index (χ3n) is 3.45. The molecule has 2 atom stereocenters. The minimum atomic E-state index is -0.434. The molecule has 1 amide bonds. The van der Waals surface area contributed by atoms with E-state index < -0.39 is 6.10 Å². The molecule has 0 spiro atoms. The molecule has 5 nitrogen and oxygen atoms in total. The molecule has 1 aliphatic rings. The molecule has 2 rings (SSSR count). The van der Waals surface area contributed by atoms with Gasteiger partial charge in [-0.25, -0.2) is 0 Å². The molecule has 6 heteroatoms. The van der Waals surface area contributed by atoms with Gasteiger partial charge in [0.2, 0.25) is 0 Å². The molecule has 0 radical (unpaired) electrons. The molecule has 106 valence electrons. The van der Waals surface area contributed by atoms with Crippen molar-refractivity contribution in [2.75, 3.05) is 0 Å². The Hall–Kier alpha value is -1.01. The summed E-state index contributed by atoms with van der Waals surface area (Å²) in [6, 6.07) is -0.142. The van der Waals surface area contributed by atoms with E-state index >= 15 is 0 Å². The smallest absolute Gasteiger partial charge is 0.265 e. The van der Waals surface area contributed by atoms with Crippen LogP contribution in [0.3, 0.4) is 0 Å². The predicted octanol–water partition coefficient (Wildman–Crippen LogP) is 1.87. The van der Waals surface area contributed by atoms with Crippen molar-refractivity contribution in [3.05, 3.63) is 10.6 Å². The summed E-state index contributed by atoms with van der Waals surface area (Å²) in [7, 11) is 0. The minimum Gasteiger partial charge on any atom is -0.391 e. The summed E-state index contributed by atoms with van der Waals surface area (Å²) in [5, 5.41) is 16.9. The van der Waals surface area contributed by atoms with Crippen molar-refractivity contribution in [3.63, 3.8) is 0 Å². The van der Waals surface area contributed by atoms with Gasteiger partial charge in [-0.05, 0) is 24.4 Å². The number of carbonyl (C=O) groups excluding carboxylic acids is 1. The fourth-order valence-electron chi connectivity index (χ4n) is 2.34. The molecule has 2 N–H and O–H groups in total. The highest BCUT2D eigenvalue weighted by Gasteiger charge is 2.30. The molecule has 1 saturated carbocycles. The molecule has 1 aromatic rings. The Bertz CT molecular complexity index is 453. The van der Waals surface area contributed by atoms with Crippen molar-refractivity contribution in [1.29, 1.82) is 0 Å². The topological polar surface area (TPSA) is 75.1 Å². The Morgan fingerprint density at radius 2 is 2.05 bits per heavy atom. The summed E-state index contributed by atoms with van der Waals surface area (Å²) in [4.78, 5) is 12.9. The molecule has 19 heavy (non-hydrogen) atoms. The monoisotopic (exact) mass is 283 g/mol. The predicted molar refractivity (Wildman–Crippen MR) is 74.3 cm³/mol. The maximum absolute atomic E-state index is 12.3. The summed E-state index contributed by atoms with van der Waals surface area (Å²) in [6.45, 7) is 6.03. The zero-order chi connectivity index (χ0) is 14.0. The highest BCUT2D eigenvalue weighted by Crippen LogP contribution is 2.26. The highest BCUT2D eigenvalue weighted by atomic mass is 32.1. The first-order chi connectivity index (χ1) is 8.89. The zero-order valence-corrected chi connectivity index (χ0v) is 12.5. The van der Waals surface area contributed by atoms with E-state index in [4.69, 9.17) is 0 Å². The van der Waals surface area contributed by atoms with Gasteiger partial charge >= 0.3 is 0 Å². The summed E-state index contributed by atoms with van der Waals surface area (Å²) < 4.78 is 3.89. The molecule has 0 aromatic carbocycles. The van der Waals surface area contributed by atoms with Crippen molar-refractivity contribution >= 4 is 17.4 Å². The second-order valence-electron chi connectivity index (χ2n) is 6.13. The lowest BCUT2D eigenvalue weighted by molar-refractivity contribution is 0.0718. The van der Waals surface area contributed by atoms with Crippen molar-refractivity contribution in [2.24, 2.45) is 0 Å². The number of rotatable bonds is 2. The van der Waals surface area contributed by atoms with E-state index in [0.717, 1.165) is 42.9 Å². The van der Waals surface area contributed by atoms with E-state index in [0.29, 0.717) is 4.88 Å². The van der Waals surface area contributed by atoms with Crippen LogP contribution in [0.5, 0.6) is 0 Å². The zero-order valence-electron chi connectivity index (χ0n) is 11.6. The van der Waals surface area contributed by atoms with E-state index in [1.54, 1.807) is 0 Å². The number of nitrogens with one attached hydrogen (secondary N) is 1. The number of hydrogen-bond donors (Lipinski definition) is 2. The minimum absolute atomic E-state index is 0.142. The SMILES string of the molecule is CC(C)(C)c1nnsc1C(=O)NC1CCCCC1O. The molecule has 1 aliphatic carbocycles. The molecular formula is C13H21N3O2S. The van der Waals surface area contributed by atoms with Gasteiger partial charge in [-0.1, -0.05) is 38.1 Å². The summed E-state index contributed by atoms with van der Waals surface area (Å²) in [5.41, 5.74) is 0.519. The number of hydrogen-bond acceptors (Lipinski definition) is 5. The first-order valence-corrected chi connectivity index (χ1v) is 7.48. The van der Waals surface area contributed by atoms with Crippen molar-refractivity contribution < 1.29 is 9.90 Å². The first kappa shape index (κ1) is 14.4. The van der Waals surface area contributed by atoms with Gasteiger partial charge < -0.3 is 10.4 Å². The van der Waals surface area contributed by atoms with E-state index in [9.17, 15) is 9.90 Å². The summed E-state index contributed by atoms with van der Waals surface area (Å²) >= 11 is 1.12. The Labute approximate surface area is 117 Å². The second-order valence-corrected chi connectivity index (χ2v) is 6.89. The van der Waals surface area contributed by atoms with E-state index in [1.165, 1.54) is 0 Å². The number of aliphatic hydroxyl groups is 1. The van der Waals surface area contributed by atoms with Gasteiger partial charge in [0.15, 0.2) is 0 Å². The standard InChI is InChI=1S/C13H21N3O2S/c1-13(2,3)11-10(19-16-15-11)12(18)14-8-6-4-5-7-9(8)17/h8-9,17H,4-7H2,1-3H3,(H,14,18). The van der Waals surface area contributed by atoms with Crippen molar-refractivity contribution in [1.82, 2.24) is 14.9 Å². The van der Waals surface area contributed by atoms with Gasteiger partial charge in [-0.2, -0.15) is 0 Å². The fourth-order valence-corrected chi connectivity index (χ4v) is 3.12. The third-order valence-corrected chi connectivity index (χ3v) is 4.18. The molecule has 1 fully saturated rings.